The minimum absolute atomic E-state index is 0. The van der Waals surface area contributed by atoms with Gasteiger partial charge in [0.05, 0.1) is 0 Å². The van der Waals surface area contributed by atoms with Gasteiger partial charge in [0.25, 0.3) is 0 Å². The summed E-state index contributed by atoms with van der Waals surface area (Å²) in [7, 11) is 0. The quantitative estimate of drug-likeness (QED) is 0.296. The van der Waals surface area contributed by atoms with Crippen molar-refractivity contribution in [3.8, 4) is 0 Å². The van der Waals surface area contributed by atoms with Crippen molar-refractivity contribution in [2.24, 2.45) is 0 Å². The number of hydrogen-bond donors (Lipinski definition) is 0. The van der Waals surface area contributed by atoms with E-state index in [1.165, 1.54) is 0 Å². The van der Waals surface area contributed by atoms with E-state index < -0.39 is 0 Å². The summed E-state index contributed by atoms with van der Waals surface area (Å²) in [5, 5.41) is 0. The zero-order valence-corrected chi connectivity index (χ0v) is 5.71. The van der Waals surface area contributed by atoms with Gasteiger partial charge in [-0.25, -0.2) is 0 Å². The first-order valence-electron chi connectivity index (χ1n) is 0. The summed E-state index contributed by atoms with van der Waals surface area (Å²) in [6.45, 7) is 0. The van der Waals surface area contributed by atoms with E-state index in [0.29, 0.717) is 0 Å². The molecule has 0 amide bonds. The first-order chi connectivity index (χ1) is 0. The average Bonchev–Trinajstić information content (AvgIpc) is 0. The largest absolute Gasteiger partial charge is 3.00 e. The predicted molar refractivity (Wildman–Crippen MR) is 11.5 cm³/mol. The molecule has 0 aliphatic carbocycles. The Hall–Kier alpha value is 1.47. The Bertz CT molecular complexity index is 6.85. The van der Waals surface area contributed by atoms with Gasteiger partial charge in [0, 0.05) is 8.41 Å². The van der Waals surface area contributed by atoms with Crippen molar-refractivity contribution in [1.29, 1.82) is 0 Å². The fraction of sp³-hybridized carbons (Fsp3) is 0. The van der Waals surface area contributed by atoms with E-state index in [1.807, 2.05) is 0 Å². The molecule has 0 spiro atoms. The Morgan fingerprint density at radius 1 is 0.600 bits per heavy atom. The van der Waals surface area contributed by atoms with Crippen LogP contribution in [0.3, 0.4) is 0 Å². The summed E-state index contributed by atoms with van der Waals surface area (Å²) in [5.41, 5.74) is 0. The maximum Gasteiger partial charge on any atom is 3.00 e. The van der Waals surface area contributed by atoms with Crippen molar-refractivity contribution in [2.75, 3.05) is 0 Å². The molecule has 0 aromatic carbocycles. The average molecular weight is 144 g/mol. The van der Waals surface area contributed by atoms with Crippen molar-refractivity contribution in [3.63, 3.8) is 0 Å². The summed E-state index contributed by atoms with van der Waals surface area (Å²) in [5.74, 6) is 0. The molecule has 0 nitrogen and oxygen atoms in total. The predicted octanol–water partition coefficient (Wildman–Crippen LogP) is -9.75. The molecule has 0 saturated carbocycles. The monoisotopic (exact) mass is 143 g/mol. The van der Waals surface area contributed by atoms with E-state index in [4.69, 9.17) is 0 Å². The van der Waals surface area contributed by atoms with E-state index in [0.717, 1.165) is 0 Å². The Morgan fingerprint density at radius 3 is 0.600 bits per heavy atom. The molecule has 0 fully saturated rings. The maximum atomic E-state index is 0. The Balaban J connectivity index is 0. The molecule has 0 bridgehead atoms. The van der Waals surface area contributed by atoms with Crippen LogP contribution in [0.25, 0.3) is 0 Å². The van der Waals surface area contributed by atoms with Gasteiger partial charge in [0.2, 0.25) is 0 Å². The van der Waals surface area contributed by atoms with E-state index in [2.05, 4.69) is 0 Å². The van der Waals surface area contributed by atoms with Gasteiger partial charge in [-0.05, 0) is 0 Å². The molecule has 0 N–H and O–H groups in total. The first kappa shape index (κ1) is 89.8. The summed E-state index contributed by atoms with van der Waals surface area (Å²) in [4.78, 5) is 0. The van der Waals surface area contributed by atoms with Crippen LogP contribution >= 0.6 is 0 Å². The molecular formula is AlBCl3. The molecule has 0 saturated heterocycles. The molecule has 0 unspecified atom stereocenters. The van der Waals surface area contributed by atoms with Crippen molar-refractivity contribution < 1.29 is 37.2 Å². The summed E-state index contributed by atoms with van der Waals surface area (Å²) < 4.78 is 0. The van der Waals surface area contributed by atoms with Crippen LogP contribution < -0.4 is 37.2 Å². The van der Waals surface area contributed by atoms with E-state index in [-0.39, 0.29) is 63.0 Å². The smallest absolute Gasteiger partial charge is 1.00 e. The standard InChI is InChI=1S/Al.B.3ClH/h;;3*1H/q+3;;;;/p-3. The molecule has 5 heavy (non-hydrogen) atoms. The van der Waals surface area contributed by atoms with E-state index >= 15 is 0 Å². The van der Waals surface area contributed by atoms with Crippen LogP contribution in [-0.2, 0) is 0 Å². The molecule has 0 rings (SSSR count). The second kappa shape index (κ2) is 50.7. The third-order valence-corrected chi connectivity index (χ3v) is 0. The number of hydrogen-bond acceptors (Lipinski definition) is 0. The molecule has 0 heterocycles. The van der Waals surface area contributed by atoms with Gasteiger partial charge in [0.15, 0.2) is 0 Å². The van der Waals surface area contributed by atoms with Gasteiger partial charge in [-0.1, -0.05) is 0 Å². The van der Waals surface area contributed by atoms with Crippen LogP contribution in [0.2, 0.25) is 0 Å². The summed E-state index contributed by atoms with van der Waals surface area (Å²) >= 11 is 0. The molecule has 0 aliphatic heterocycles. The van der Waals surface area contributed by atoms with Gasteiger partial charge in [-0.15, -0.1) is 0 Å². The topological polar surface area (TPSA) is 0 Å². The van der Waals surface area contributed by atoms with Crippen LogP contribution in [0.15, 0.2) is 0 Å². The second-order valence-corrected chi connectivity index (χ2v) is 0. The minimum atomic E-state index is 0. The fourth-order valence-corrected chi connectivity index (χ4v) is 0. The van der Waals surface area contributed by atoms with Crippen LogP contribution in [0.4, 0.5) is 0 Å². The van der Waals surface area contributed by atoms with E-state index in [9.17, 15) is 0 Å². The van der Waals surface area contributed by atoms with Gasteiger partial charge in [0.1, 0.15) is 0 Å². The maximum absolute atomic E-state index is 0. The molecule has 5 heteroatoms. The van der Waals surface area contributed by atoms with Gasteiger partial charge in [-0.3, -0.25) is 0 Å². The van der Waals surface area contributed by atoms with Crippen molar-refractivity contribution in [3.05, 3.63) is 0 Å². The van der Waals surface area contributed by atoms with Gasteiger partial charge < -0.3 is 37.2 Å². The molecule has 27 valence electrons. The number of halogens is 3. The summed E-state index contributed by atoms with van der Waals surface area (Å²) in [6, 6.07) is 0. The molecule has 0 aromatic heterocycles. The first-order valence-corrected chi connectivity index (χ1v) is 0. The zero-order valence-electron chi connectivity index (χ0n) is 2.29. The molecule has 0 aliphatic rings. The third-order valence-electron chi connectivity index (χ3n) is 0. The fourth-order valence-electron chi connectivity index (χ4n) is 0. The Morgan fingerprint density at radius 2 is 0.600 bits per heavy atom. The Labute approximate surface area is 63.0 Å². The number of rotatable bonds is 0. The van der Waals surface area contributed by atoms with Crippen LogP contribution in [0.1, 0.15) is 0 Å². The Kier molecular flexibility index (Phi) is 910. The van der Waals surface area contributed by atoms with Crippen LogP contribution in [-0.4, -0.2) is 25.8 Å². The van der Waals surface area contributed by atoms with Crippen LogP contribution in [0.5, 0.6) is 0 Å². The normalized spacial score (nSPS) is 0. The summed E-state index contributed by atoms with van der Waals surface area (Å²) in [6.07, 6.45) is 0. The molecule has 0 atom stereocenters. The van der Waals surface area contributed by atoms with Gasteiger partial charge >= 0.3 is 17.4 Å². The van der Waals surface area contributed by atoms with Crippen molar-refractivity contribution in [2.45, 2.75) is 0 Å². The van der Waals surface area contributed by atoms with Crippen molar-refractivity contribution >= 4 is 25.8 Å². The minimum Gasteiger partial charge on any atom is -1.00 e. The zero-order chi connectivity index (χ0) is 0. The SMILES string of the molecule is [Al+3].[B].[Cl-].[Cl-].[Cl-]. The molecule has 3 radical (unpaired) electrons. The van der Waals surface area contributed by atoms with E-state index in [1.54, 1.807) is 0 Å². The molecule has 0 aromatic rings. The van der Waals surface area contributed by atoms with Gasteiger partial charge in [-0.2, -0.15) is 0 Å². The molecular weight excluding hydrogens is 144 g/mol. The second-order valence-electron chi connectivity index (χ2n) is 0. The van der Waals surface area contributed by atoms with Crippen LogP contribution in [0, 0.1) is 0 Å². The van der Waals surface area contributed by atoms with Crippen molar-refractivity contribution in [1.82, 2.24) is 0 Å². The third kappa shape index (κ3) is 30.5.